The van der Waals surface area contributed by atoms with E-state index in [2.05, 4.69) is 4.74 Å². The second kappa shape index (κ2) is 13.6. The third kappa shape index (κ3) is 7.29. The lowest BCUT2D eigenvalue weighted by atomic mass is 9.97. The van der Waals surface area contributed by atoms with Crippen molar-refractivity contribution in [1.82, 2.24) is 0 Å². The fourth-order valence-electron chi connectivity index (χ4n) is 4.74. The Morgan fingerprint density at radius 2 is 1.31 bits per heavy atom. The second-order valence-corrected chi connectivity index (χ2v) is 10.3. The molecular formula is C33H26F8O4. The average molecular weight is 639 g/mol. The van der Waals surface area contributed by atoms with Gasteiger partial charge in [0.15, 0.2) is 17.9 Å². The van der Waals surface area contributed by atoms with Gasteiger partial charge in [0.1, 0.15) is 40.7 Å². The second-order valence-electron chi connectivity index (χ2n) is 10.3. The Morgan fingerprint density at radius 1 is 0.689 bits per heavy atom. The lowest BCUT2D eigenvalue weighted by Crippen LogP contribution is -2.33. The first kappa shape index (κ1) is 32.4. The normalized spacial score (nSPS) is 17.0. The molecule has 0 unspecified atom stereocenters. The van der Waals surface area contributed by atoms with Gasteiger partial charge in [-0.1, -0.05) is 37.6 Å². The van der Waals surface area contributed by atoms with Gasteiger partial charge in [0.25, 0.3) is 0 Å². The molecule has 45 heavy (non-hydrogen) atoms. The number of halogens is 8. The summed E-state index contributed by atoms with van der Waals surface area (Å²) in [6.07, 6.45) is -3.79. The molecule has 0 radical (unpaired) electrons. The first-order valence-electron chi connectivity index (χ1n) is 13.9. The van der Waals surface area contributed by atoms with E-state index in [-0.39, 0.29) is 42.1 Å². The number of ether oxygens (including phenoxy) is 4. The number of hydrogen-bond acceptors (Lipinski definition) is 4. The van der Waals surface area contributed by atoms with Crippen LogP contribution in [0.15, 0.2) is 66.7 Å². The average Bonchev–Trinajstić information content (AvgIpc) is 2.98. The number of rotatable bonds is 10. The number of benzene rings is 4. The van der Waals surface area contributed by atoms with E-state index >= 15 is 8.78 Å². The van der Waals surface area contributed by atoms with Gasteiger partial charge >= 0.3 is 6.11 Å². The minimum atomic E-state index is -4.64. The van der Waals surface area contributed by atoms with E-state index < -0.39 is 64.2 Å². The van der Waals surface area contributed by atoms with Crippen molar-refractivity contribution in [3.05, 3.63) is 113 Å². The minimum Gasteiger partial charge on any atom is -0.429 e. The maximum Gasteiger partial charge on any atom is 0.432 e. The van der Waals surface area contributed by atoms with Crippen LogP contribution in [0, 0.1) is 34.9 Å². The first-order chi connectivity index (χ1) is 21.5. The summed E-state index contributed by atoms with van der Waals surface area (Å²) in [4.78, 5) is 0. The van der Waals surface area contributed by atoms with Gasteiger partial charge in [-0.25, -0.2) is 26.3 Å². The van der Waals surface area contributed by atoms with E-state index in [0.717, 1.165) is 25.0 Å². The molecule has 12 heteroatoms. The van der Waals surface area contributed by atoms with Crippen LogP contribution in [0.5, 0.6) is 5.75 Å². The molecule has 0 aliphatic carbocycles. The van der Waals surface area contributed by atoms with E-state index in [9.17, 15) is 26.3 Å². The van der Waals surface area contributed by atoms with Crippen molar-refractivity contribution in [2.45, 2.75) is 38.3 Å². The highest BCUT2D eigenvalue weighted by Gasteiger charge is 2.41. The highest BCUT2D eigenvalue weighted by molar-refractivity contribution is 5.72. The van der Waals surface area contributed by atoms with Crippen molar-refractivity contribution in [2.75, 3.05) is 19.8 Å². The number of alkyl halides is 2. The zero-order valence-corrected chi connectivity index (χ0v) is 23.7. The molecule has 0 atom stereocenters. The van der Waals surface area contributed by atoms with Gasteiger partial charge in [-0.3, -0.25) is 0 Å². The van der Waals surface area contributed by atoms with Gasteiger partial charge in [0.05, 0.1) is 13.2 Å². The van der Waals surface area contributed by atoms with Crippen LogP contribution in [-0.4, -0.2) is 25.9 Å². The van der Waals surface area contributed by atoms with Crippen molar-refractivity contribution in [1.29, 1.82) is 0 Å². The van der Waals surface area contributed by atoms with E-state index in [1.54, 1.807) is 6.07 Å². The van der Waals surface area contributed by atoms with Crippen LogP contribution in [0.3, 0.4) is 0 Å². The van der Waals surface area contributed by atoms with Gasteiger partial charge in [-0.05, 0) is 53.9 Å². The highest BCUT2D eigenvalue weighted by atomic mass is 19.3. The maximum absolute atomic E-state index is 15.2. The molecule has 0 saturated carbocycles. The Balaban J connectivity index is 1.32. The summed E-state index contributed by atoms with van der Waals surface area (Å²) in [5.74, 6) is -9.03. The van der Waals surface area contributed by atoms with Crippen LogP contribution < -0.4 is 4.74 Å². The molecule has 1 aliphatic heterocycles. The van der Waals surface area contributed by atoms with E-state index in [4.69, 9.17) is 14.2 Å². The molecule has 0 N–H and O–H groups in total. The third-order valence-corrected chi connectivity index (χ3v) is 7.05. The lowest BCUT2D eigenvalue weighted by Gasteiger charge is -2.29. The Hall–Kier alpha value is -4.00. The van der Waals surface area contributed by atoms with Crippen LogP contribution in [0.2, 0.25) is 0 Å². The number of unbranched alkanes of at least 4 members (excludes halogenated alkanes) is 1. The summed E-state index contributed by atoms with van der Waals surface area (Å²) in [6.45, 7) is 3.17. The fraction of sp³-hybridized carbons (Fsp3) is 0.273. The van der Waals surface area contributed by atoms with E-state index in [1.165, 1.54) is 18.2 Å². The summed E-state index contributed by atoms with van der Waals surface area (Å²) in [6, 6.07) is 9.89. The Kier molecular flexibility index (Phi) is 9.76. The standard InChI is InChI=1S/C33H26F8O4/c1-2-3-10-42-22-16-43-32(44-17-22)19-5-8-23(27(36)12-19)18-4-7-24(26(35)11-18)20-13-29(38)31(30(39)14-20)33(40,41)45-21-6-9-25(34)28(37)15-21/h4-9,11-15,22,32H,2-3,10,16-17H2,1H3. The molecule has 1 aliphatic rings. The van der Waals surface area contributed by atoms with Crippen molar-refractivity contribution in [2.24, 2.45) is 0 Å². The summed E-state index contributed by atoms with van der Waals surface area (Å²) in [5, 5.41) is 0. The van der Waals surface area contributed by atoms with Crippen LogP contribution in [0.25, 0.3) is 22.3 Å². The van der Waals surface area contributed by atoms with Crippen molar-refractivity contribution < 1.29 is 54.1 Å². The monoisotopic (exact) mass is 638 g/mol. The van der Waals surface area contributed by atoms with E-state index in [1.807, 2.05) is 6.92 Å². The molecule has 4 nitrogen and oxygen atoms in total. The molecular weight excluding hydrogens is 612 g/mol. The molecule has 1 saturated heterocycles. The first-order valence-corrected chi connectivity index (χ1v) is 13.9. The highest BCUT2D eigenvalue weighted by Crippen LogP contribution is 2.38. The van der Waals surface area contributed by atoms with Crippen molar-refractivity contribution in [3.8, 4) is 28.0 Å². The van der Waals surface area contributed by atoms with Crippen LogP contribution >= 0.6 is 0 Å². The van der Waals surface area contributed by atoms with Crippen molar-refractivity contribution in [3.63, 3.8) is 0 Å². The molecule has 4 aromatic carbocycles. The summed E-state index contributed by atoms with van der Waals surface area (Å²) in [7, 11) is 0. The van der Waals surface area contributed by atoms with Gasteiger partial charge in [-0.15, -0.1) is 0 Å². The number of hydrogen-bond donors (Lipinski definition) is 0. The SMILES string of the molecule is CCCCOC1COC(c2ccc(-c3ccc(-c4cc(F)c(C(F)(F)Oc5ccc(F)c(F)c5)c(F)c4)c(F)c3)c(F)c2)OC1. The smallest absolute Gasteiger partial charge is 0.429 e. The Bertz CT molecular complexity index is 1650. The Labute approximate surface area is 253 Å². The van der Waals surface area contributed by atoms with Gasteiger partial charge in [-0.2, -0.15) is 8.78 Å². The largest absolute Gasteiger partial charge is 0.432 e. The topological polar surface area (TPSA) is 36.9 Å². The van der Waals surface area contributed by atoms with E-state index in [0.29, 0.717) is 36.4 Å². The van der Waals surface area contributed by atoms with Crippen LogP contribution in [-0.2, 0) is 20.3 Å². The minimum absolute atomic E-state index is 0.0162. The van der Waals surface area contributed by atoms with Gasteiger partial charge < -0.3 is 18.9 Å². The quantitative estimate of drug-likeness (QED) is 0.128. The molecule has 238 valence electrons. The zero-order valence-electron chi connectivity index (χ0n) is 23.7. The molecule has 4 aromatic rings. The maximum atomic E-state index is 15.2. The van der Waals surface area contributed by atoms with Crippen LogP contribution in [0.4, 0.5) is 35.1 Å². The van der Waals surface area contributed by atoms with Gasteiger partial charge in [0.2, 0.25) is 0 Å². The summed E-state index contributed by atoms with van der Waals surface area (Å²) >= 11 is 0. The molecule has 0 aromatic heterocycles. The molecule has 0 bridgehead atoms. The molecule has 0 spiro atoms. The third-order valence-electron chi connectivity index (χ3n) is 7.05. The predicted molar refractivity (Wildman–Crippen MR) is 147 cm³/mol. The molecule has 1 fully saturated rings. The van der Waals surface area contributed by atoms with Crippen molar-refractivity contribution >= 4 is 0 Å². The summed E-state index contributed by atoms with van der Waals surface area (Å²) < 4.78 is 137. The lowest BCUT2D eigenvalue weighted by molar-refractivity contribution is -0.230. The Morgan fingerprint density at radius 3 is 1.93 bits per heavy atom. The zero-order chi connectivity index (χ0) is 32.3. The molecule has 5 rings (SSSR count). The fourth-order valence-corrected chi connectivity index (χ4v) is 4.74. The molecule has 1 heterocycles. The summed E-state index contributed by atoms with van der Waals surface area (Å²) in [5.41, 5.74) is -2.09. The van der Waals surface area contributed by atoms with Crippen LogP contribution in [0.1, 0.15) is 37.2 Å². The predicted octanol–water partition coefficient (Wildman–Crippen LogP) is 9.21. The molecule has 0 amide bonds. The van der Waals surface area contributed by atoms with Gasteiger partial charge in [0, 0.05) is 29.4 Å².